The minimum atomic E-state index is -0.438. The second kappa shape index (κ2) is 8.10. The molecule has 0 bridgehead atoms. The maximum absolute atomic E-state index is 12.3. The van der Waals surface area contributed by atoms with Crippen molar-refractivity contribution in [1.82, 2.24) is 0 Å². The van der Waals surface area contributed by atoms with Crippen LogP contribution in [0.1, 0.15) is 34.6 Å². The van der Waals surface area contributed by atoms with Crippen LogP contribution in [0.4, 0.5) is 11.4 Å². The summed E-state index contributed by atoms with van der Waals surface area (Å²) >= 11 is 0. The van der Waals surface area contributed by atoms with E-state index in [2.05, 4.69) is 15.4 Å². The zero-order valence-electron chi connectivity index (χ0n) is 14.3. The lowest BCUT2D eigenvalue weighted by Gasteiger charge is -2.10. The van der Waals surface area contributed by atoms with Crippen LogP contribution in [0.15, 0.2) is 48.5 Å². The van der Waals surface area contributed by atoms with E-state index in [9.17, 15) is 14.4 Å². The number of anilines is 2. The first kappa shape index (κ1) is 18.2. The fourth-order valence-corrected chi connectivity index (χ4v) is 2.04. The molecule has 0 heterocycles. The topological polar surface area (TPSA) is 84.5 Å². The van der Waals surface area contributed by atoms with E-state index in [0.717, 1.165) is 0 Å². The van der Waals surface area contributed by atoms with E-state index in [1.54, 1.807) is 62.4 Å². The van der Waals surface area contributed by atoms with E-state index in [0.29, 0.717) is 22.5 Å². The lowest BCUT2D eigenvalue weighted by atomic mass is 10.1. The molecule has 2 rings (SSSR count). The molecule has 0 radical (unpaired) electrons. The van der Waals surface area contributed by atoms with Gasteiger partial charge in [0.2, 0.25) is 5.91 Å². The highest BCUT2D eigenvalue weighted by atomic mass is 16.5. The molecule has 0 saturated carbocycles. The summed E-state index contributed by atoms with van der Waals surface area (Å²) in [5, 5.41) is 5.50. The Balaban J connectivity index is 2.08. The Hall–Kier alpha value is -3.15. The van der Waals surface area contributed by atoms with Gasteiger partial charge in [0.05, 0.1) is 12.7 Å². The zero-order chi connectivity index (χ0) is 18.4. The summed E-state index contributed by atoms with van der Waals surface area (Å²) in [5.41, 5.74) is 1.93. The molecule has 0 fully saturated rings. The summed E-state index contributed by atoms with van der Waals surface area (Å²) in [6.45, 7) is 3.59. The van der Waals surface area contributed by atoms with Crippen molar-refractivity contribution in [2.45, 2.75) is 13.8 Å². The Kier molecular flexibility index (Phi) is 5.89. The maximum Gasteiger partial charge on any atom is 0.337 e. The predicted octanol–water partition coefficient (Wildman–Crippen LogP) is 3.32. The van der Waals surface area contributed by atoms with Crippen LogP contribution in [0.3, 0.4) is 0 Å². The summed E-state index contributed by atoms with van der Waals surface area (Å²) in [6.07, 6.45) is 0. The molecule has 2 aromatic rings. The summed E-state index contributed by atoms with van der Waals surface area (Å²) in [5.74, 6) is -1.01. The molecule has 0 atom stereocenters. The molecule has 0 aliphatic carbocycles. The van der Waals surface area contributed by atoms with Crippen LogP contribution in [0.5, 0.6) is 0 Å². The van der Waals surface area contributed by atoms with Crippen LogP contribution < -0.4 is 10.6 Å². The third-order valence-corrected chi connectivity index (χ3v) is 3.48. The molecular formula is C19H20N2O4. The number of hydrogen-bond donors (Lipinski definition) is 2. The molecular weight excluding hydrogens is 320 g/mol. The standard InChI is InChI=1S/C19H20N2O4/c1-12(2)17(22)21-16-6-4-5-14(11-16)18(23)20-15-9-7-13(8-10-15)19(24)25-3/h4-12H,1-3H3,(H,20,23)(H,21,22). The largest absolute Gasteiger partial charge is 0.465 e. The van der Waals surface area contributed by atoms with Crippen molar-refractivity contribution >= 4 is 29.2 Å². The normalized spacial score (nSPS) is 10.2. The first-order chi connectivity index (χ1) is 11.9. The second-order valence-corrected chi connectivity index (χ2v) is 5.75. The third kappa shape index (κ3) is 4.91. The number of methoxy groups -OCH3 is 1. The quantitative estimate of drug-likeness (QED) is 0.818. The smallest absolute Gasteiger partial charge is 0.337 e. The number of carbonyl (C=O) groups excluding carboxylic acids is 3. The Labute approximate surface area is 146 Å². The highest BCUT2D eigenvalue weighted by Gasteiger charge is 2.11. The highest BCUT2D eigenvalue weighted by molar-refractivity contribution is 6.05. The Morgan fingerprint density at radius 2 is 1.56 bits per heavy atom. The van der Waals surface area contributed by atoms with Crippen LogP contribution in [0.2, 0.25) is 0 Å². The van der Waals surface area contributed by atoms with E-state index in [1.807, 2.05) is 0 Å². The number of ether oxygens (including phenoxy) is 1. The first-order valence-electron chi connectivity index (χ1n) is 7.81. The molecule has 2 aromatic carbocycles. The van der Waals surface area contributed by atoms with E-state index < -0.39 is 5.97 Å². The van der Waals surface area contributed by atoms with Crippen LogP contribution in [0.25, 0.3) is 0 Å². The van der Waals surface area contributed by atoms with Crippen molar-refractivity contribution in [2.75, 3.05) is 17.7 Å². The van der Waals surface area contributed by atoms with Crippen molar-refractivity contribution < 1.29 is 19.1 Å². The molecule has 0 aromatic heterocycles. The van der Waals surface area contributed by atoms with Crippen molar-refractivity contribution in [3.05, 3.63) is 59.7 Å². The van der Waals surface area contributed by atoms with Crippen molar-refractivity contribution in [1.29, 1.82) is 0 Å². The molecule has 2 N–H and O–H groups in total. The van der Waals surface area contributed by atoms with Crippen LogP contribution >= 0.6 is 0 Å². The number of hydrogen-bond acceptors (Lipinski definition) is 4. The van der Waals surface area contributed by atoms with Gasteiger partial charge in [-0.2, -0.15) is 0 Å². The second-order valence-electron chi connectivity index (χ2n) is 5.75. The molecule has 2 amide bonds. The first-order valence-corrected chi connectivity index (χ1v) is 7.81. The number of benzene rings is 2. The van der Waals surface area contributed by atoms with Gasteiger partial charge >= 0.3 is 5.97 Å². The van der Waals surface area contributed by atoms with Crippen molar-refractivity contribution in [3.63, 3.8) is 0 Å². The molecule has 0 aliphatic rings. The molecule has 130 valence electrons. The Morgan fingerprint density at radius 1 is 0.880 bits per heavy atom. The zero-order valence-corrected chi connectivity index (χ0v) is 14.3. The highest BCUT2D eigenvalue weighted by Crippen LogP contribution is 2.15. The molecule has 25 heavy (non-hydrogen) atoms. The minimum Gasteiger partial charge on any atom is -0.465 e. The van der Waals surface area contributed by atoms with E-state index >= 15 is 0 Å². The van der Waals surface area contributed by atoms with Gasteiger partial charge in [0.1, 0.15) is 0 Å². The summed E-state index contributed by atoms with van der Waals surface area (Å²) in [4.78, 5) is 35.5. The Morgan fingerprint density at radius 3 is 2.16 bits per heavy atom. The molecule has 6 heteroatoms. The van der Waals surface area contributed by atoms with Gasteiger partial charge in [-0.15, -0.1) is 0 Å². The van der Waals surface area contributed by atoms with Gasteiger partial charge in [-0.1, -0.05) is 19.9 Å². The van der Waals surface area contributed by atoms with Gasteiger partial charge in [0.15, 0.2) is 0 Å². The molecule has 0 spiro atoms. The predicted molar refractivity (Wildman–Crippen MR) is 95.6 cm³/mol. The van der Waals surface area contributed by atoms with Gasteiger partial charge in [0.25, 0.3) is 5.91 Å². The number of rotatable bonds is 5. The average molecular weight is 340 g/mol. The summed E-state index contributed by atoms with van der Waals surface area (Å²) in [6, 6.07) is 13.1. The molecule has 0 saturated heterocycles. The van der Waals surface area contributed by atoms with Crippen LogP contribution in [-0.4, -0.2) is 24.9 Å². The van der Waals surface area contributed by atoms with Crippen LogP contribution in [0, 0.1) is 5.92 Å². The van der Waals surface area contributed by atoms with Crippen molar-refractivity contribution in [3.8, 4) is 0 Å². The van der Waals surface area contributed by atoms with Crippen molar-refractivity contribution in [2.24, 2.45) is 5.92 Å². The molecule has 6 nitrogen and oxygen atoms in total. The number of nitrogens with one attached hydrogen (secondary N) is 2. The Bertz CT molecular complexity index is 782. The van der Waals surface area contributed by atoms with E-state index in [-0.39, 0.29) is 17.7 Å². The van der Waals surface area contributed by atoms with Gasteiger partial charge in [-0.05, 0) is 42.5 Å². The lowest BCUT2D eigenvalue weighted by molar-refractivity contribution is -0.118. The number of esters is 1. The fourth-order valence-electron chi connectivity index (χ4n) is 2.04. The van der Waals surface area contributed by atoms with Gasteiger partial charge < -0.3 is 15.4 Å². The van der Waals surface area contributed by atoms with Crippen LogP contribution in [-0.2, 0) is 9.53 Å². The fraction of sp³-hybridized carbons (Fsp3) is 0.211. The lowest BCUT2D eigenvalue weighted by Crippen LogP contribution is -2.18. The monoisotopic (exact) mass is 340 g/mol. The minimum absolute atomic E-state index is 0.115. The molecule has 0 unspecified atom stereocenters. The third-order valence-electron chi connectivity index (χ3n) is 3.48. The summed E-state index contributed by atoms with van der Waals surface area (Å²) < 4.78 is 4.63. The summed E-state index contributed by atoms with van der Waals surface area (Å²) in [7, 11) is 1.31. The van der Waals surface area contributed by atoms with E-state index in [1.165, 1.54) is 7.11 Å². The van der Waals surface area contributed by atoms with Gasteiger partial charge in [-0.25, -0.2) is 4.79 Å². The number of amides is 2. The SMILES string of the molecule is COC(=O)c1ccc(NC(=O)c2cccc(NC(=O)C(C)C)c2)cc1. The maximum atomic E-state index is 12.3. The van der Waals surface area contributed by atoms with Gasteiger partial charge in [-0.3, -0.25) is 9.59 Å². The average Bonchev–Trinajstić information content (AvgIpc) is 2.61. The van der Waals surface area contributed by atoms with Gasteiger partial charge in [0, 0.05) is 22.9 Å². The van der Waals surface area contributed by atoms with E-state index in [4.69, 9.17) is 0 Å². The molecule has 0 aliphatic heterocycles. The number of carbonyl (C=O) groups is 3.